The Hall–Kier alpha value is -3.63. The number of thiazole rings is 1. The number of rotatable bonds is 5. The van der Waals surface area contributed by atoms with Crippen LogP contribution in [0.15, 0.2) is 76.7 Å². The largest absolute Gasteiger partial charge is 0.301 e. The van der Waals surface area contributed by atoms with Gasteiger partial charge in [-0.2, -0.15) is 0 Å². The molecular weight excluding hydrogens is 466 g/mol. The zero-order valence-corrected chi connectivity index (χ0v) is 18.4. The number of nitrogens with one attached hydrogen (secondary N) is 1. The second-order valence-corrected chi connectivity index (χ2v) is 8.94. The monoisotopic (exact) mass is 480 g/mol. The lowest BCUT2D eigenvalue weighted by atomic mass is 10.2. The zero-order valence-electron chi connectivity index (χ0n) is 16.8. The van der Waals surface area contributed by atoms with Gasteiger partial charge in [0.2, 0.25) is 5.91 Å². The molecule has 0 aliphatic heterocycles. The Morgan fingerprint density at radius 3 is 2.55 bits per heavy atom. The SMILES string of the molecule is O=C(CSc1nc2ccccc2c(=O)n1-c1ccc(F)cc1F)Nc1nc2ccccc2s1. The predicted octanol–water partition coefficient (Wildman–Crippen LogP) is 5.00. The topological polar surface area (TPSA) is 76.9 Å². The highest BCUT2D eigenvalue weighted by Gasteiger charge is 2.18. The minimum absolute atomic E-state index is 0.0937. The fraction of sp³-hybridized carbons (Fsp3) is 0.0435. The lowest BCUT2D eigenvalue weighted by Gasteiger charge is -2.13. The number of para-hydroxylation sites is 2. The van der Waals surface area contributed by atoms with Gasteiger partial charge in [-0.1, -0.05) is 47.4 Å². The van der Waals surface area contributed by atoms with E-state index in [9.17, 15) is 18.4 Å². The first-order valence-electron chi connectivity index (χ1n) is 9.75. The molecule has 0 saturated heterocycles. The highest BCUT2D eigenvalue weighted by Crippen LogP contribution is 2.27. The minimum atomic E-state index is -0.907. The third-order valence-corrected chi connectivity index (χ3v) is 6.66. The maximum Gasteiger partial charge on any atom is 0.266 e. The van der Waals surface area contributed by atoms with Crippen LogP contribution >= 0.6 is 23.1 Å². The van der Waals surface area contributed by atoms with Crippen LogP contribution in [0.3, 0.4) is 0 Å². The van der Waals surface area contributed by atoms with Crippen LogP contribution in [-0.4, -0.2) is 26.2 Å². The van der Waals surface area contributed by atoms with Crippen LogP contribution in [0.25, 0.3) is 26.8 Å². The number of thioether (sulfide) groups is 1. The number of halogens is 2. The summed E-state index contributed by atoms with van der Waals surface area (Å²) < 4.78 is 30.0. The molecule has 1 N–H and O–H groups in total. The van der Waals surface area contributed by atoms with Crippen molar-refractivity contribution >= 4 is 55.3 Å². The van der Waals surface area contributed by atoms with Gasteiger partial charge < -0.3 is 5.32 Å². The van der Waals surface area contributed by atoms with Crippen molar-refractivity contribution in [1.29, 1.82) is 0 Å². The van der Waals surface area contributed by atoms with Gasteiger partial charge in [0, 0.05) is 6.07 Å². The second-order valence-electron chi connectivity index (χ2n) is 6.97. The number of nitrogens with zero attached hydrogens (tertiary/aromatic N) is 3. The molecule has 0 bridgehead atoms. The third-order valence-electron chi connectivity index (χ3n) is 4.77. The number of benzene rings is 3. The maximum atomic E-state index is 14.6. The Morgan fingerprint density at radius 1 is 1.00 bits per heavy atom. The molecule has 0 spiro atoms. The predicted molar refractivity (Wildman–Crippen MR) is 126 cm³/mol. The van der Waals surface area contributed by atoms with Gasteiger partial charge in [-0.15, -0.1) is 0 Å². The number of fused-ring (bicyclic) bond motifs is 2. The Morgan fingerprint density at radius 2 is 1.76 bits per heavy atom. The standard InChI is InChI=1S/C23H14F2N4O2S2/c24-13-9-10-18(15(25)11-13)29-21(31)14-5-1-2-6-16(14)27-23(29)32-12-20(30)28-22-26-17-7-3-4-8-19(17)33-22/h1-11H,12H2,(H,26,28,30). The summed E-state index contributed by atoms with van der Waals surface area (Å²) in [5.41, 5.74) is 0.534. The van der Waals surface area contributed by atoms with E-state index in [1.807, 2.05) is 24.3 Å². The number of amides is 1. The number of carbonyl (C=O) groups is 1. The van der Waals surface area contributed by atoms with Crippen molar-refractivity contribution in [3.05, 3.63) is 88.7 Å². The first-order valence-corrected chi connectivity index (χ1v) is 11.6. The maximum absolute atomic E-state index is 14.6. The summed E-state index contributed by atoms with van der Waals surface area (Å²) in [7, 11) is 0. The van der Waals surface area contributed by atoms with E-state index >= 15 is 0 Å². The van der Waals surface area contributed by atoms with Crippen LogP contribution in [0.1, 0.15) is 0 Å². The second kappa shape index (κ2) is 8.72. The van der Waals surface area contributed by atoms with Crippen LogP contribution in [0.5, 0.6) is 0 Å². The van der Waals surface area contributed by atoms with E-state index in [-0.39, 0.29) is 27.9 Å². The summed E-state index contributed by atoms with van der Waals surface area (Å²) >= 11 is 2.32. The Bertz CT molecular complexity index is 1550. The lowest BCUT2D eigenvalue weighted by Crippen LogP contribution is -2.23. The van der Waals surface area contributed by atoms with Crippen molar-refractivity contribution in [2.45, 2.75) is 5.16 Å². The highest BCUT2D eigenvalue weighted by atomic mass is 32.2. The average molecular weight is 481 g/mol. The van der Waals surface area contributed by atoms with Gasteiger partial charge in [-0.25, -0.2) is 18.7 Å². The molecule has 0 unspecified atom stereocenters. The van der Waals surface area contributed by atoms with Gasteiger partial charge in [0.25, 0.3) is 5.56 Å². The van der Waals surface area contributed by atoms with Crippen molar-refractivity contribution in [1.82, 2.24) is 14.5 Å². The normalized spacial score (nSPS) is 11.2. The molecule has 3 aromatic carbocycles. The molecule has 1 amide bonds. The molecule has 2 heterocycles. The molecule has 164 valence electrons. The Balaban J connectivity index is 1.47. The molecule has 33 heavy (non-hydrogen) atoms. The molecule has 2 aromatic heterocycles. The molecule has 0 saturated carbocycles. The summed E-state index contributed by atoms with van der Waals surface area (Å²) in [6.07, 6.45) is 0. The van der Waals surface area contributed by atoms with Gasteiger partial charge in [-0.3, -0.25) is 14.2 Å². The Labute approximate surface area is 193 Å². The van der Waals surface area contributed by atoms with Crippen LogP contribution in [0.4, 0.5) is 13.9 Å². The quantitative estimate of drug-likeness (QED) is 0.283. The molecule has 0 atom stereocenters. The molecule has 0 radical (unpaired) electrons. The van der Waals surface area contributed by atoms with E-state index in [4.69, 9.17) is 0 Å². The van der Waals surface area contributed by atoms with Crippen molar-refractivity contribution < 1.29 is 13.6 Å². The number of hydrogen-bond donors (Lipinski definition) is 1. The van der Waals surface area contributed by atoms with Gasteiger partial charge in [0.1, 0.15) is 11.6 Å². The fourth-order valence-corrected chi connectivity index (χ4v) is 4.98. The highest BCUT2D eigenvalue weighted by molar-refractivity contribution is 7.99. The molecule has 6 nitrogen and oxygen atoms in total. The molecule has 0 aliphatic carbocycles. The number of anilines is 1. The number of aromatic nitrogens is 3. The van der Waals surface area contributed by atoms with E-state index < -0.39 is 17.2 Å². The molecule has 0 aliphatic rings. The smallest absolute Gasteiger partial charge is 0.266 e. The van der Waals surface area contributed by atoms with E-state index in [1.165, 1.54) is 17.4 Å². The molecule has 0 fully saturated rings. The zero-order chi connectivity index (χ0) is 22.9. The number of carbonyl (C=O) groups excluding carboxylic acids is 1. The van der Waals surface area contributed by atoms with Gasteiger partial charge >= 0.3 is 0 Å². The van der Waals surface area contributed by atoms with Gasteiger partial charge in [0.05, 0.1) is 32.6 Å². The van der Waals surface area contributed by atoms with Crippen LogP contribution in [0, 0.1) is 11.6 Å². The van der Waals surface area contributed by atoms with Crippen LogP contribution < -0.4 is 10.9 Å². The first-order chi connectivity index (χ1) is 16.0. The van der Waals surface area contributed by atoms with E-state index in [0.29, 0.717) is 16.7 Å². The average Bonchev–Trinajstić information content (AvgIpc) is 3.21. The van der Waals surface area contributed by atoms with E-state index in [0.717, 1.165) is 32.6 Å². The third kappa shape index (κ3) is 4.22. The summed E-state index contributed by atoms with van der Waals surface area (Å²) in [6.45, 7) is 0. The number of hydrogen-bond acceptors (Lipinski definition) is 6. The Kier molecular flexibility index (Phi) is 5.61. The molecule has 10 heteroatoms. The van der Waals surface area contributed by atoms with E-state index in [1.54, 1.807) is 24.3 Å². The van der Waals surface area contributed by atoms with E-state index in [2.05, 4.69) is 15.3 Å². The van der Waals surface area contributed by atoms with Crippen LogP contribution in [-0.2, 0) is 4.79 Å². The fourth-order valence-electron chi connectivity index (χ4n) is 3.30. The summed E-state index contributed by atoms with van der Waals surface area (Å²) in [4.78, 5) is 34.6. The van der Waals surface area contributed by atoms with Gasteiger partial charge in [0.15, 0.2) is 10.3 Å². The van der Waals surface area contributed by atoms with Crippen LogP contribution in [0.2, 0.25) is 0 Å². The molecular formula is C23H14F2N4O2S2. The van der Waals surface area contributed by atoms with Crippen molar-refractivity contribution in [2.75, 3.05) is 11.1 Å². The van der Waals surface area contributed by atoms with Crippen molar-refractivity contribution in [3.63, 3.8) is 0 Å². The lowest BCUT2D eigenvalue weighted by molar-refractivity contribution is -0.113. The summed E-state index contributed by atoms with van der Waals surface area (Å²) in [6, 6.07) is 17.1. The molecule has 5 aromatic rings. The van der Waals surface area contributed by atoms with Crippen molar-refractivity contribution in [2.24, 2.45) is 0 Å². The summed E-state index contributed by atoms with van der Waals surface area (Å²) in [5, 5.41) is 3.59. The van der Waals surface area contributed by atoms with Crippen molar-refractivity contribution in [3.8, 4) is 5.69 Å². The first kappa shape index (κ1) is 21.2. The summed E-state index contributed by atoms with van der Waals surface area (Å²) in [5.74, 6) is -2.12. The minimum Gasteiger partial charge on any atom is -0.301 e. The molecule has 5 rings (SSSR count). The van der Waals surface area contributed by atoms with Gasteiger partial charge in [-0.05, 0) is 36.4 Å².